The predicted molar refractivity (Wildman–Crippen MR) is 190 cm³/mol. The molecule has 8 atom stereocenters. The molecular weight excluding hydrogens is 614 g/mol. The third-order valence-electron chi connectivity index (χ3n) is 9.48. The maximum atomic E-state index is 12.9. The number of carbonyl (C=O) groups excluding carboxylic acids is 1. The normalized spacial score (nSPS) is 23.4. The average Bonchev–Trinajstić information content (AvgIpc) is 3.08. The van der Waals surface area contributed by atoms with E-state index in [1.807, 2.05) is 6.08 Å². The molecule has 284 valence electrons. The molecule has 7 N–H and O–H groups in total. The first kappa shape index (κ1) is 44.9. The van der Waals surface area contributed by atoms with Crippen LogP contribution in [-0.4, -0.2) is 98.7 Å². The van der Waals surface area contributed by atoms with Gasteiger partial charge in [-0.2, -0.15) is 0 Å². The first-order chi connectivity index (χ1) is 23.3. The summed E-state index contributed by atoms with van der Waals surface area (Å²) in [6.45, 7) is 3.57. The van der Waals surface area contributed by atoms with E-state index in [4.69, 9.17) is 9.47 Å². The largest absolute Gasteiger partial charge is 0.394 e. The number of amides is 1. The van der Waals surface area contributed by atoms with Gasteiger partial charge in [0.15, 0.2) is 6.29 Å². The molecule has 1 heterocycles. The molecule has 0 saturated carbocycles. The van der Waals surface area contributed by atoms with Gasteiger partial charge >= 0.3 is 0 Å². The zero-order valence-corrected chi connectivity index (χ0v) is 30.4. The number of unbranched alkanes of at least 4 members (excludes halogenated alkanes) is 18. The zero-order chi connectivity index (χ0) is 35.4. The Hall–Kier alpha value is -1.11. The molecule has 0 aromatic carbocycles. The maximum Gasteiger partial charge on any atom is 0.249 e. The summed E-state index contributed by atoms with van der Waals surface area (Å²) >= 11 is 0. The number of aliphatic hydroxyl groups is 6. The van der Waals surface area contributed by atoms with E-state index in [1.165, 1.54) is 89.9 Å². The van der Waals surface area contributed by atoms with E-state index in [1.54, 1.807) is 0 Å². The molecule has 10 heteroatoms. The minimum absolute atomic E-state index is 0.243. The molecule has 1 saturated heterocycles. The van der Waals surface area contributed by atoms with Crippen molar-refractivity contribution < 1.29 is 44.9 Å². The van der Waals surface area contributed by atoms with Crippen molar-refractivity contribution in [3.63, 3.8) is 0 Å². The van der Waals surface area contributed by atoms with Gasteiger partial charge in [0.05, 0.1) is 25.4 Å². The van der Waals surface area contributed by atoms with Gasteiger partial charge in [-0.25, -0.2) is 0 Å². The van der Waals surface area contributed by atoms with Crippen molar-refractivity contribution >= 4 is 5.91 Å². The van der Waals surface area contributed by atoms with Gasteiger partial charge in [0.1, 0.15) is 30.5 Å². The SMILES string of the molecule is CCCCCC/C=C\CCC(O)C(=O)NC(COC1OC(CO)C(O)C(O)C1O)C(O)CCCCCCCCCCCCCCCCC. The van der Waals surface area contributed by atoms with Crippen LogP contribution in [0.2, 0.25) is 0 Å². The number of ether oxygens (including phenoxy) is 2. The second kappa shape index (κ2) is 29.6. The van der Waals surface area contributed by atoms with Crippen LogP contribution >= 0.6 is 0 Å². The van der Waals surface area contributed by atoms with E-state index in [9.17, 15) is 35.4 Å². The third-order valence-corrected chi connectivity index (χ3v) is 9.48. The van der Waals surface area contributed by atoms with Crippen LogP contribution in [0.15, 0.2) is 12.2 Å². The summed E-state index contributed by atoms with van der Waals surface area (Å²) in [5.74, 6) is -0.621. The Labute approximate surface area is 291 Å². The Morgan fingerprint density at radius 1 is 0.688 bits per heavy atom. The number of allylic oxidation sites excluding steroid dienone is 2. The zero-order valence-electron chi connectivity index (χ0n) is 30.4. The number of aliphatic hydroxyl groups excluding tert-OH is 6. The summed E-state index contributed by atoms with van der Waals surface area (Å²) in [5.41, 5.74) is 0. The number of hydrogen-bond acceptors (Lipinski definition) is 9. The third kappa shape index (κ3) is 20.5. The number of nitrogens with one attached hydrogen (secondary N) is 1. The van der Waals surface area contributed by atoms with Crippen molar-refractivity contribution in [1.29, 1.82) is 0 Å². The van der Waals surface area contributed by atoms with Crippen molar-refractivity contribution in [3.8, 4) is 0 Å². The van der Waals surface area contributed by atoms with E-state index < -0.39 is 61.5 Å². The first-order valence-electron chi connectivity index (χ1n) is 19.5. The van der Waals surface area contributed by atoms with E-state index >= 15 is 0 Å². The van der Waals surface area contributed by atoms with Crippen molar-refractivity contribution in [2.24, 2.45) is 0 Å². The van der Waals surface area contributed by atoms with Crippen molar-refractivity contribution in [2.45, 2.75) is 210 Å². The lowest BCUT2D eigenvalue weighted by molar-refractivity contribution is -0.302. The molecule has 0 bridgehead atoms. The van der Waals surface area contributed by atoms with Gasteiger partial charge in [-0.15, -0.1) is 0 Å². The van der Waals surface area contributed by atoms with Crippen molar-refractivity contribution in [3.05, 3.63) is 12.2 Å². The fourth-order valence-electron chi connectivity index (χ4n) is 6.17. The van der Waals surface area contributed by atoms with Gasteiger partial charge < -0.3 is 45.4 Å². The molecule has 0 aromatic heterocycles. The van der Waals surface area contributed by atoms with Crippen LogP contribution < -0.4 is 5.32 Å². The van der Waals surface area contributed by atoms with Gasteiger partial charge in [-0.3, -0.25) is 4.79 Å². The lowest BCUT2D eigenvalue weighted by atomic mass is 9.99. The van der Waals surface area contributed by atoms with E-state index in [0.29, 0.717) is 12.8 Å². The van der Waals surface area contributed by atoms with E-state index in [-0.39, 0.29) is 13.0 Å². The second-order valence-corrected chi connectivity index (χ2v) is 13.9. The molecule has 0 spiro atoms. The molecule has 1 amide bonds. The molecule has 0 radical (unpaired) electrons. The Morgan fingerprint density at radius 2 is 1.19 bits per heavy atom. The monoisotopic (exact) mass is 688 g/mol. The summed E-state index contributed by atoms with van der Waals surface area (Å²) in [6.07, 6.45) is 20.0. The fraction of sp³-hybridized carbons (Fsp3) is 0.921. The molecule has 1 aliphatic heterocycles. The Morgan fingerprint density at radius 3 is 1.73 bits per heavy atom. The van der Waals surface area contributed by atoms with Crippen LogP contribution in [0.5, 0.6) is 0 Å². The summed E-state index contributed by atoms with van der Waals surface area (Å²) in [6, 6.07) is -0.903. The highest BCUT2D eigenvalue weighted by atomic mass is 16.7. The van der Waals surface area contributed by atoms with Gasteiger partial charge in [0.25, 0.3) is 0 Å². The average molecular weight is 688 g/mol. The van der Waals surface area contributed by atoms with Gasteiger partial charge in [0, 0.05) is 0 Å². The first-order valence-corrected chi connectivity index (χ1v) is 19.5. The van der Waals surface area contributed by atoms with Crippen LogP contribution in [-0.2, 0) is 14.3 Å². The molecule has 10 nitrogen and oxygen atoms in total. The molecule has 1 aliphatic rings. The highest BCUT2D eigenvalue weighted by Gasteiger charge is 2.44. The highest BCUT2D eigenvalue weighted by Crippen LogP contribution is 2.23. The molecule has 0 aliphatic carbocycles. The van der Waals surface area contributed by atoms with Gasteiger partial charge in [0.2, 0.25) is 5.91 Å². The lowest BCUT2D eigenvalue weighted by Crippen LogP contribution is -2.60. The van der Waals surface area contributed by atoms with E-state index in [0.717, 1.165) is 38.5 Å². The minimum atomic E-state index is -1.60. The molecule has 48 heavy (non-hydrogen) atoms. The van der Waals surface area contributed by atoms with Crippen LogP contribution in [0, 0.1) is 0 Å². The van der Waals surface area contributed by atoms with Gasteiger partial charge in [-0.05, 0) is 32.1 Å². The maximum absolute atomic E-state index is 12.9. The van der Waals surface area contributed by atoms with Crippen LogP contribution in [0.3, 0.4) is 0 Å². The molecular formula is C38H73NO9. The molecule has 8 unspecified atom stereocenters. The Kier molecular flexibility index (Phi) is 27.7. The summed E-state index contributed by atoms with van der Waals surface area (Å²) in [4.78, 5) is 12.9. The van der Waals surface area contributed by atoms with E-state index in [2.05, 4.69) is 25.2 Å². The lowest BCUT2D eigenvalue weighted by Gasteiger charge is -2.40. The van der Waals surface area contributed by atoms with Crippen molar-refractivity contribution in [1.82, 2.24) is 5.32 Å². The minimum Gasteiger partial charge on any atom is -0.394 e. The van der Waals surface area contributed by atoms with Gasteiger partial charge in [-0.1, -0.05) is 142 Å². The summed E-state index contributed by atoms with van der Waals surface area (Å²) < 4.78 is 11.1. The Bertz CT molecular complexity index is 783. The summed E-state index contributed by atoms with van der Waals surface area (Å²) in [5, 5.41) is 64.3. The van der Waals surface area contributed by atoms with Crippen LogP contribution in [0.25, 0.3) is 0 Å². The topological polar surface area (TPSA) is 169 Å². The number of rotatable bonds is 31. The quantitative estimate of drug-likeness (QED) is 0.0364. The molecule has 1 rings (SSSR count). The fourth-order valence-corrected chi connectivity index (χ4v) is 6.17. The molecule has 1 fully saturated rings. The summed E-state index contributed by atoms with van der Waals surface area (Å²) in [7, 11) is 0. The number of carbonyl (C=O) groups is 1. The smallest absolute Gasteiger partial charge is 0.249 e. The second-order valence-electron chi connectivity index (χ2n) is 13.9. The highest BCUT2D eigenvalue weighted by molar-refractivity contribution is 5.80. The van der Waals surface area contributed by atoms with Crippen molar-refractivity contribution in [2.75, 3.05) is 13.2 Å². The molecule has 0 aromatic rings. The number of hydrogen-bond donors (Lipinski definition) is 7. The van der Waals surface area contributed by atoms with Crippen LogP contribution in [0.4, 0.5) is 0 Å². The van der Waals surface area contributed by atoms with Crippen LogP contribution in [0.1, 0.15) is 162 Å². The Balaban J connectivity index is 2.48. The predicted octanol–water partition coefficient (Wildman–Crippen LogP) is 5.58. The standard InChI is InChI=1S/C38H73NO9/c1-3-5-7-9-11-13-14-15-16-17-18-19-21-22-24-26-31(41)30(29-47-38-36(45)35(44)34(43)33(28-40)48-38)39-37(46)32(42)27-25-23-20-12-10-8-6-4-2/h20,23,30-36,38,40-45H,3-19,21-22,24-29H2,1-2H3,(H,39,46)/b23-20-.